The Hall–Kier alpha value is -1.49. The Balaban J connectivity index is 1.67. The van der Waals surface area contributed by atoms with Crippen molar-refractivity contribution in [1.82, 2.24) is 10.6 Å². The van der Waals surface area contributed by atoms with Gasteiger partial charge in [-0.25, -0.2) is 0 Å². The Morgan fingerprint density at radius 1 is 1.38 bits per heavy atom. The molecule has 2 heterocycles. The first-order valence-corrected chi connectivity index (χ1v) is 8.04. The molecule has 5 heteroatoms. The topological polar surface area (TPSA) is 58.8 Å². The molecule has 0 amide bonds. The van der Waals surface area contributed by atoms with Crippen LogP contribution in [0.2, 0.25) is 0 Å². The summed E-state index contributed by atoms with van der Waals surface area (Å²) in [6.45, 7) is 5.48. The first kappa shape index (κ1) is 15.9. The van der Waals surface area contributed by atoms with Gasteiger partial charge in [-0.05, 0) is 44.7 Å². The molecule has 0 spiro atoms. The molecule has 1 saturated heterocycles. The van der Waals surface area contributed by atoms with E-state index in [4.69, 9.17) is 9.15 Å². The van der Waals surface area contributed by atoms with Gasteiger partial charge in [-0.3, -0.25) is 4.99 Å². The fourth-order valence-electron chi connectivity index (χ4n) is 2.46. The smallest absolute Gasteiger partial charge is 0.191 e. The third kappa shape index (κ3) is 6.21. The highest BCUT2D eigenvalue weighted by molar-refractivity contribution is 5.79. The zero-order valence-corrected chi connectivity index (χ0v) is 12.9. The van der Waals surface area contributed by atoms with Crippen LogP contribution in [0.3, 0.4) is 0 Å². The Morgan fingerprint density at radius 3 is 3.05 bits per heavy atom. The summed E-state index contributed by atoms with van der Waals surface area (Å²) >= 11 is 0. The number of furan rings is 1. The van der Waals surface area contributed by atoms with Crippen molar-refractivity contribution in [3.63, 3.8) is 0 Å². The zero-order valence-electron chi connectivity index (χ0n) is 12.9. The molecule has 1 aliphatic rings. The normalized spacial score (nSPS) is 19.5. The number of rotatable bonds is 7. The molecule has 118 valence electrons. The summed E-state index contributed by atoms with van der Waals surface area (Å²) in [6, 6.07) is 3.91. The lowest BCUT2D eigenvalue weighted by molar-refractivity contribution is 0.0129. The van der Waals surface area contributed by atoms with Crippen molar-refractivity contribution in [2.24, 2.45) is 4.99 Å². The maximum Gasteiger partial charge on any atom is 0.191 e. The first-order valence-electron chi connectivity index (χ1n) is 8.04. The fraction of sp³-hybridized carbons (Fsp3) is 0.688. The molecule has 0 aromatic carbocycles. The van der Waals surface area contributed by atoms with Crippen LogP contribution in [0, 0.1) is 0 Å². The average molecular weight is 293 g/mol. The van der Waals surface area contributed by atoms with Crippen molar-refractivity contribution < 1.29 is 9.15 Å². The molecule has 0 saturated carbocycles. The minimum Gasteiger partial charge on any atom is -0.469 e. The van der Waals surface area contributed by atoms with Gasteiger partial charge in [-0.1, -0.05) is 0 Å². The van der Waals surface area contributed by atoms with Crippen LogP contribution in [0.5, 0.6) is 0 Å². The van der Waals surface area contributed by atoms with Crippen LogP contribution in [0.25, 0.3) is 0 Å². The van der Waals surface area contributed by atoms with Crippen molar-refractivity contribution in [3.05, 3.63) is 24.2 Å². The third-order valence-corrected chi connectivity index (χ3v) is 3.58. The van der Waals surface area contributed by atoms with Gasteiger partial charge in [0.2, 0.25) is 0 Å². The molecule has 1 fully saturated rings. The molecular weight excluding hydrogens is 266 g/mol. The number of aliphatic imine (C=N–C) groups is 1. The van der Waals surface area contributed by atoms with Gasteiger partial charge in [0.15, 0.2) is 5.96 Å². The van der Waals surface area contributed by atoms with Crippen LogP contribution in [-0.2, 0) is 11.2 Å². The average Bonchev–Trinajstić information content (AvgIpc) is 3.02. The summed E-state index contributed by atoms with van der Waals surface area (Å²) in [5, 5.41) is 6.60. The number of guanidine groups is 1. The summed E-state index contributed by atoms with van der Waals surface area (Å²) in [5.41, 5.74) is 0. The van der Waals surface area contributed by atoms with Crippen LogP contribution in [0.4, 0.5) is 0 Å². The molecule has 2 N–H and O–H groups in total. The maximum atomic E-state index is 5.73. The molecule has 0 aliphatic carbocycles. The van der Waals surface area contributed by atoms with Crippen molar-refractivity contribution >= 4 is 5.96 Å². The minimum atomic E-state index is 0.397. The van der Waals surface area contributed by atoms with Crippen LogP contribution in [0.1, 0.15) is 38.4 Å². The van der Waals surface area contributed by atoms with Gasteiger partial charge in [0.05, 0.1) is 12.4 Å². The van der Waals surface area contributed by atoms with E-state index >= 15 is 0 Å². The molecule has 0 radical (unpaired) electrons. The Bertz CT molecular complexity index is 398. The second-order valence-electron chi connectivity index (χ2n) is 5.29. The van der Waals surface area contributed by atoms with Gasteiger partial charge in [0.25, 0.3) is 0 Å². The predicted molar refractivity (Wildman–Crippen MR) is 84.6 cm³/mol. The van der Waals surface area contributed by atoms with Crippen LogP contribution in [-0.4, -0.2) is 38.3 Å². The lowest BCUT2D eigenvalue weighted by atomic mass is 10.1. The lowest BCUT2D eigenvalue weighted by Crippen LogP contribution is -2.38. The number of nitrogens with one attached hydrogen (secondary N) is 2. The molecule has 1 atom stereocenters. The number of hydrogen-bond donors (Lipinski definition) is 2. The number of nitrogens with zero attached hydrogens (tertiary/aromatic N) is 1. The Kier molecular flexibility index (Phi) is 7.15. The Morgan fingerprint density at radius 2 is 2.33 bits per heavy atom. The number of hydrogen-bond acceptors (Lipinski definition) is 3. The van der Waals surface area contributed by atoms with E-state index in [0.717, 1.165) is 50.8 Å². The van der Waals surface area contributed by atoms with Crippen molar-refractivity contribution in [3.8, 4) is 0 Å². The van der Waals surface area contributed by atoms with Crippen molar-refractivity contribution in [2.45, 2.75) is 45.1 Å². The molecule has 0 bridgehead atoms. The monoisotopic (exact) mass is 293 g/mol. The van der Waals surface area contributed by atoms with Crippen molar-refractivity contribution in [1.29, 1.82) is 0 Å². The van der Waals surface area contributed by atoms with Gasteiger partial charge < -0.3 is 19.8 Å². The molecule has 21 heavy (non-hydrogen) atoms. The molecule has 1 aromatic rings. The van der Waals surface area contributed by atoms with Crippen LogP contribution < -0.4 is 10.6 Å². The molecule has 2 rings (SSSR count). The second-order valence-corrected chi connectivity index (χ2v) is 5.29. The van der Waals surface area contributed by atoms with E-state index in [2.05, 4.69) is 22.5 Å². The van der Waals surface area contributed by atoms with Crippen LogP contribution in [0.15, 0.2) is 27.8 Å². The summed E-state index contributed by atoms with van der Waals surface area (Å²) in [6.07, 6.45) is 7.65. The molecule has 1 aromatic heterocycles. The highest BCUT2D eigenvalue weighted by Gasteiger charge is 2.12. The van der Waals surface area contributed by atoms with E-state index in [-0.39, 0.29) is 0 Å². The minimum absolute atomic E-state index is 0.397. The summed E-state index contributed by atoms with van der Waals surface area (Å²) < 4.78 is 11.0. The Labute approximate surface area is 127 Å². The largest absolute Gasteiger partial charge is 0.469 e. The van der Waals surface area contributed by atoms with E-state index in [0.29, 0.717) is 6.10 Å². The SMILES string of the molecule is CCNC(=NCCC1CCCCO1)NCCc1ccco1. The van der Waals surface area contributed by atoms with Gasteiger partial charge in [-0.2, -0.15) is 0 Å². The van der Waals surface area contributed by atoms with E-state index in [1.165, 1.54) is 19.3 Å². The number of ether oxygens (including phenoxy) is 1. The summed E-state index contributed by atoms with van der Waals surface area (Å²) in [5.74, 6) is 1.87. The van der Waals surface area contributed by atoms with Gasteiger partial charge in [0, 0.05) is 32.7 Å². The third-order valence-electron chi connectivity index (χ3n) is 3.58. The van der Waals surface area contributed by atoms with E-state index < -0.39 is 0 Å². The van der Waals surface area contributed by atoms with Gasteiger partial charge in [0.1, 0.15) is 5.76 Å². The molecule has 1 unspecified atom stereocenters. The maximum absolute atomic E-state index is 5.73. The lowest BCUT2D eigenvalue weighted by Gasteiger charge is -2.21. The quantitative estimate of drug-likeness (QED) is 0.598. The zero-order chi connectivity index (χ0) is 14.8. The van der Waals surface area contributed by atoms with Crippen LogP contribution >= 0.6 is 0 Å². The summed E-state index contributed by atoms with van der Waals surface area (Å²) in [7, 11) is 0. The first-order chi connectivity index (χ1) is 10.4. The fourth-order valence-corrected chi connectivity index (χ4v) is 2.46. The molecule has 1 aliphatic heterocycles. The highest BCUT2D eigenvalue weighted by atomic mass is 16.5. The highest BCUT2D eigenvalue weighted by Crippen LogP contribution is 2.15. The van der Waals surface area contributed by atoms with Crippen molar-refractivity contribution in [2.75, 3.05) is 26.2 Å². The molecular formula is C16H27N3O2. The predicted octanol–water partition coefficient (Wildman–Crippen LogP) is 2.34. The summed E-state index contributed by atoms with van der Waals surface area (Å²) in [4.78, 5) is 4.61. The second kappa shape index (κ2) is 9.45. The van der Waals surface area contributed by atoms with E-state index in [9.17, 15) is 0 Å². The van der Waals surface area contributed by atoms with Gasteiger partial charge >= 0.3 is 0 Å². The van der Waals surface area contributed by atoms with E-state index in [1.54, 1.807) is 6.26 Å². The van der Waals surface area contributed by atoms with E-state index in [1.807, 2.05) is 12.1 Å². The van der Waals surface area contributed by atoms with Gasteiger partial charge in [-0.15, -0.1) is 0 Å². The molecule has 5 nitrogen and oxygen atoms in total. The standard InChI is InChI=1S/C16H27N3O2/c1-2-17-16(19-11-9-15-7-5-13-21-15)18-10-8-14-6-3-4-12-20-14/h5,7,13-14H,2-4,6,8-12H2,1H3,(H2,17,18,19).